The summed E-state index contributed by atoms with van der Waals surface area (Å²) in [5, 5.41) is 25.7. The molecule has 0 radical (unpaired) electrons. The van der Waals surface area contributed by atoms with E-state index in [0.29, 0.717) is 30.5 Å². The number of rotatable bonds is 5. The number of pyridine rings is 1. The number of aliphatic hydroxyl groups excluding tert-OH is 2. The zero-order chi connectivity index (χ0) is 20.5. The number of nitrogens with zero attached hydrogens (tertiary/aromatic N) is 5. The number of anilines is 5. The van der Waals surface area contributed by atoms with Gasteiger partial charge in [-0.15, -0.1) is 0 Å². The summed E-state index contributed by atoms with van der Waals surface area (Å²) in [5.74, 6) is 1.57. The summed E-state index contributed by atoms with van der Waals surface area (Å²) in [5.41, 5.74) is 1.82. The van der Waals surface area contributed by atoms with Crippen LogP contribution in [0.25, 0.3) is 0 Å². The molecule has 1 fully saturated rings. The zero-order valence-corrected chi connectivity index (χ0v) is 16.5. The molecule has 2 aliphatic rings. The summed E-state index contributed by atoms with van der Waals surface area (Å²) in [6.07, 6.45) is 1.26. The van der Waals surface area contributed by atoms with E-state index in [9.17, 15) is 14.6 Å². The average Bonchev–Trinajstić information content (AvgIpc) is 3.08. The molecule has 4 heterocycles. The van der Waals surface area contributed by atoms with Crippen LogP contribution in [0.15, 0.2) is 24.5 Å². The fraction of sp³-hybridized carbons (Fsp3) is 0.526. The first-order valence-corrected chi connectivity index (χ1v) is 9.79. The third-order valence-corrected chi connectivity index (χ3v) is 5.24. The molecule has 10 heteroatoms. The molecule has 0 saturated carbocycles. The molecule has 4 rings (SSSR count). The van der Waals surface area contributed by atoms with Gasteiger partial charge in [0.25, 0.3) is 0 Å². The van der Waals surface area contributed by atoms with Gasteiger partial charge >= 0.3 is 0 Å². The van der Waals surface area contributed by atoms with Crippen molar-refractivity contribution in [3.05, 3.63) is 24.5 Å². The quantitative estimate of drug-likeness (QED) is 0.590. The Labute approximate surface area is 168 Å². The molecule has 0 aliphatic carbocycles. The Balaban J connectivity index is 1.53. The molecule has 0 amide bonds. The zero-order valence-electron chi connectivity index (χ0n) is 16.5. The predicted octanol–water partition coefficient (Wildman–Crippen LogP) is 1.48. The Morgan fingerprint density at radius 2 is 2.17 bits per heavy atom. The van der Waals surface area contributed by atoms with E-state index >= 15 is 0 Å². The van der Waals surface area contributed by atoms with Crippen LogP contribution in [0.3, 0.4) is 0 Å². The first-order chi connectivity index (χ1) is 14.0. The lowest BCUT2D eigenvalue weighted by Crippen LogP contribution is -2.45. The minimum absolute atomic E-state index is 0.00894. The Kier molecular flexibility index (Phi) is 5.37. The summed E-state index contributed by atoms with van der Waals surface area (Å²) in [6, 6.07) is 3.83. The molecule has 0 aromatic carbocycles. The number of nitrogens with one attached hydrogen (secondary N) is 2. The molecule has 2 aliphatic heterocycles. The van der Waals surface area contributed by atoms with Gasteiger partial charge in [-0.25, -0.2) is 14.4 Å². The van der Waals surface area contributed by atoms with Gasteiger partial charge in [0.2, 0.25) is 5.95 Å². The molecule has 9 nitrogen and oxygen atoms in total. The topological polar surface area (TPSA) is 110 Å². The monoisotopic (exact) mass is 403 g/mol. The molecule has 2 aromatic rings. The molecule has 29 heavy (non-hydrogen) atoms. The van der Waals surface area contributed by atoms with Gasteiger partial charge in [-0.2, -0.15) is 4.98 Å². The van der Waals surface area contributed by atoms with Crippen molar-refractivity contribution < 1.29 is 14.6 Å². The van der Waals surface area contributed by atoms with Crippen LogP contribution in [0.1, 0.15) is 20.3 Å². The van der Waals surface area contributed by atoms with Gasteiger partial charge in [0, 0.05) is 24.8 Å². The molecule has 0 bridgehead atoms. The fourth-order valence-electron chi connectivity index (χ4n) is 3.80. The van der Waals surface area contributed by atoms with Crippen molar-refractivity contribution >= 4 is 29.0 Å². The van der Waals surface area contributed by atoms with E-state index < -0.39 is 12.3 Å². The van der Waals surface area contributed by atoms with Crippen LogP contribution in [-0.4, -0.2) is 69.3 Å². The highest BCUT2D eigenvalue weighted by molar-refractivity contribution is 5.78. The normalized spacial score (nSPS) is 23.9. The Bertz CT molecular complexity index is 868. The van der Waals surface area contributed by atoms with Crippen LogP contribution < -0.4 is 20.4 Å². The molecule has 0 spiro atoms. The van der Waals surface area contributed by atoms with E-state index in [1.807, 2.05) is 6.07 Å². The van der Waals surface area contributed by atoms with Crippen molar-refractivity contribution in [3.63, 3.8) is 0 Å². The maximum absolute atomic E-state index is 13.8. The van der Waals surface area contributed by atoms with Crippen molar-refractivity contribution in [3.8, 4) is 0 Å². The van der Waals surface area contributed by atoms with Crippen LogP contribution in [0.2, 0.25) is 0 Å². The Hall–Kier alpha value is -2.72. The molecule has 4 N–H and O–H groups in total. The molecule has 156 valence electrons. The number of piperidine rings is 1. The maximum Gasteiger partial charge on any atom is 0.227 e. The van der Waals surface area contributed by atoms with E-state index in [1.165, 1.54) is 0 Å². The van der Waals surface area contributed by atoms with Gasteiger partial charge in [-0.3, -0.25) is 0 Å². The number of aromatic nitrogens is 3. The predicted molar refractivity (Wildman–Crippen MR) is 109 cm³/mol. The second-order valence-electron chi connectivity index (χ2n) is 7.62. The summed E-state index contributed by atoms with van der Waals surface area (Å²) < 4.78 is 13.8. The highest BCUT2D eigenvalue weighted by Crippen LogP contribution is 2.37. The standard InChI is InChI=1S/C19H26FN7O2/c1-11(2)27-14-7-17(22-8-13(14)23-18(27)10-28)24-16-3-5-21-19(25-16)26-6-4-15(29)12(20)9-26/h3,5,7-8,11-12,15,18,23,28-29H,4,6,9-10H2,1-2H3,(H,21,22,24,25)/t12-,15?,18?/m1/s1. The lowest BCUT2D eigenvalue weighted by atomic mass is 10.1. The minimum atomic E-state index is -1.31. The van der Waals surface area contributed by atoms with Crippen molar-refractivity contribution in [1.82, 2.24) is 15.0 Å². The van der Waals surface area contributed by atoms with E-state index in [1.54, 1.807) is 23.4 Å². The molecular formula is C19H26FN7O2. The highest BCUT2D eigenvalue weighted by atomic mass is 19.1. The third kappa shape index (κ3) is 3.90. The van der Waals surface area contributed by atoms with Crippen LogP contribution in [-0.2, 0) is 0 Å². The van der Waals surface area contributed by atoms with Gasteiger partial charge in [0.15, 0.2) is 0 Å². The first-order valence-electron chi connectivity index (χ1n) is 9.79. The third-order valence-electron chi connectivity index (χ3n) is 5.24. The van der Waals surface area contributed by atoms with Crippen molar-refractivity contribution in [2.75, 3.05) is 40.1 Å². The lowest BCUT2D eigenvalue weighted by molar-refractivity contribution is 0.0612. The summed E-state index contributed by atoms with van der Waals surface area (Å²) >= 11 is 0. The van der Waals surface area contributed by atoms with Gasteiger partial charge in [-0.05, 0) is 26.3 Å². The lowest BCUT2D eigenvalue weighted by Gasteiger charge is -2.32. The first kappa shape index (κ1) is 19.6. The molecule has 1 saturated heterocycles. The Morgan fingerprint density at radius 3 is 2.90 bits per heavy atom. The van der Waals surface area contributed by atoms with Gasteiger partial charge in [0.05, 0.1) is 36.8 Å². The minimum Gasteiger partial charge on any atom is -0.392 e. The number of hydrogen-bond acceptors (Lipinski definition) is 9. The summed E-state index contributed by atoms with van der Waals surface area (Å²) in [7, 11) is 0. The smallest absolute Gasteiger partial charge is 0.227 e. The van der Waals surface area contributed by atoms with E-state index in [4.69, 9.17) is 0 Å². The summed E-state index contributed by atoms with van der Waals surface area (Å²) in [4.78, 5) is 17.0. The molecule has 3 atom stereocenters. The van der Waals surface area contributed by atoms with Gasteiger partial charge < -0.3 is 30.6 Å². The largest absolute Gasteiger partial charge is 0.392 e. The van der Waals surface area contributed by atoms with Crippen molar-refractivity contribution in [2.45, 2.75) is 44.8 Å². The fourth-order valence-corrected chi connectivity index (χ4v) is 3.80. The number of alkyl halides is 1. The summed E-state index contributed by atoms with van der Waals surface area (Å²) in [6.45, 7) is 4.69. The average molecular weight is 403 g/mol. The van der Waals surface area contributed by atoms with Crippen molar-refractivity contribution in [2.24, 2.45) is 0 Å². The number of fused-ring (bicyclic) bond motifs is 1. The van der Waals surface area contributed by atoms with Crippen molar-refractivity contribution in [1.29, 1.82) is 0 Å². The second kappa shape index (κ2) is 7.96. The van der Waals surface area contributed by atoms with Crippen LogP contribution in [0.5, 0.6) is 0 Å². The van der Waals surface area contributed by atoms with Gasteiger partial charge in [0.1, 0.15) is 24.0 Å². The number of hydrogen-bond donors (Lipinski definition) is 4. The molecule has 2 unspecified atom stereocenters. The van der Waals surface area contributed by atoms with E-state index in [0.717, 1.165) is 11.4 Å². The highest BCUT2D eigenvalue weighted by Gasteiger charge is 2.31. The van der Waals surface area contributed by atoms with Crippen LogP contribution in [0, 0.1) is 0 Å². The number of halogens is 1. The van der Waals surface area contributed by atoms with Crippen LogP contribution >= 0.6 is 0 Å². The Morgan fingerprint density at radius 1 is 1.34 bits per heavy atom. The second-order valence-corrected chi connectivity index (χ2v) is 7.62. The van der Waals surface area contributed by atoms with E-state index in [2.05, 4.69) is 44.3 Å². The van der Waals surface area contributed by atoms with Crippen LogP contribution in [0.4, 0.5) is 33.3 Å². The molecular weight excluding hydrogens is 377 g/mol. The number of aliphatic hydroxyl groups is 2. The van der Waals surface area contributed by atoms with E-state index in [-0.39, 0.29) is 25.4 Å². The maximum atomic E-state index is 13.8. The van der Waals surface area contributed by atoms with Gasteiger partial charge in [-0.1, -0.05) is 0 Å². The SMILES string of the molecule is CC(C)N1c2cc(Nc3ccnc(N4CCC(O)[C@H](F)C4)n3)ncc2NC1CO. The molecule has 2 aromatic heterocycles.